The normalized spacial score (nSPS) is 14.7. The Hall–Kier alpha value is -3.14. The first kappa shape index (κ1) is 25.1. The third-order valence-corrected chi connectivity index (χ3v) is 4.52. The van der Waals surface area contributed by atoms with Gasteiger partial charge < -0.3 is 25.1 Å². The van der Waals surface area contributed by atoms with E-state index in [1.165, 1.54) is 6.33 Å². The molecule has 2 N–H and O–H groups in total. The predicted octanol–water partition coefficient (Wildman–Crippen LogP) is 3.93. The van der Waals surface area contributed by atoms with Crippen LogP contribution in [0.15, 0.2) is 24.5 Å². The van der Waals surface area contributed by atoms with Crippen molar-refractivity contribution in [1.29, 1.82) is 5.41 Å². The van der Waals surface area contributed by atoms with Gasteiger partial charge in [-0.15, -0.1) is 0 Å². The van der Waals surface area contributed by atoms with Gasteiger partial charge >= 0.3 is 0 Å². The van der Waals surface area contributed by atoms with Crippen molar-refractivity contribution in [3.8, 4) is 5.88 Å². The zero-order chi connectivity index (χ0) is 23.7. The van der Waals surface area contributed by atoms with E-state index in [1.807, 2.05) is 20.8 Å². The highest BCUT2D eigenvalue weighted by Gasteiger charge is 2.21. The number of rotatable bonds is 6. The fraction of sp³-hybridized carbons (Fsp3) is 0.455. The van der Waals surface area contributed by atoms with Crippen LogP contribution in [-0.4, -0.2) is 59.4 Å². The van der Waals surface area contributed by atoms with Gasteiger partial charge in [0.15, 0.2) is 0 Å². The summed E-state index contributed by atoms with van der Waals surface area (Å²) in [6.07, 6.45) is 4.04. The lowest BCUT2D eigenvalue weighted by Gasteiger charge is -2.29. The molecule has 0 aliphatic carbocycles. The summed E-state index contributed by atoms with van der Waals surface area (Å²) >= 11 is 0. The summed E-state index contributed by atoms with van der Waals surface area (Å²) in [6.45, 7) is 7.77. The molecule has 32 heavy (non-hydrogen) atoms. The summed E-state index contributed by atoms with van der Waals surface area (Å²) in [5, 5.41) is 10.3. The number of aromatic nitrogens is 2. The molecule has 1 fully saturated rings. The minimum atomic E-state index is -0.617. The van der Waals surface area contributed by atoms with Crippen LogP contribution in [0.1, 0.15) is 39.2 Å². The second-order valence-corrected chi connectivity index (χ2v) is 8.28. The first-order valence-corrected chi connectivity index (χ1v) is 10.2. The van der Waals surface area contributed by atoms with Crippen LogP contribution in [0, 0.1) is 17.0 Å². The van der Waals surface area contributed by atoms with Crippen molar-refractivity contribution < 1.29 is 23.0 Å². The quantitative estimate of drug-likeness (QED) is 0.509. The number of benzene rings is 1. The number of hydrogen-bond acceptors (Lipinski definition) is 8. The molecule has 0 amide bonds. The van der Waals surface area contributed by atoms with Crippen molar-refractivity contribution in [2.24, 2.45) is 0 Å². The summed E-state index contributed by atoms with van der Waals surface area (Å²) in [6, 6.07) is 3.09. The van der Waals surface area contributed by atoms with Gasteiger partial charge in [0.25, 0.3) is 6.47 Å². The summed E-state index contributed by atoms with van der Waals surface area (Å²) in [5.74, 6) is -0.734. The van der Waals surface area contributed by atoms with Crippen molar-refractivity contribution >= 4 is 24.2 Å². The minimum Gasteiger partial charge on any atom is -0.474 e. The van der Waals surface area contributed by atoms with E-state index < -0.39 is 11.6 Å². The maximum atomic E-state index is 13.8. The summed E-state index contributed by atoms with van der Waals surface area (Å²) in [5.41, 5.74) is -0.0843. The smallest absolute Gasteiger partial charge is 0.293 e. The fourth-order valence-electron chi connectivity index (χ4n) is 2.83. The molecule has 8 nitrogen and oxygen atoms in total. The number of anilines is 2. The molecule has 0 spiro atoms. The highest BCUT2D eigenvalue weighted by molar-refractivity contribution is 5.88. The number of hydrogen-bond donors (Lipinski definition) is 2. The Labute approximate surface area is 186 Å². The molecular weight excluding hydrogens is 420 g/mol. The van der Waals surface area contributed by atoms with Crippen LogP contribution in [0.3, 0.4) is 0 Å². The maximum absolute atomic E-state index is 13.8. The average molecular weight is 450 g/mol. The van der Waals surface area contributed by atoms with Crippen molar-refractivity contribution in [2.45, 2.75) is 45.3 Å². The van der Waals surface area contributed by atoms with Crippen molar-refractivity contribution in [1.82, 2.24) is 14.9 Å². The van der Waals surface area contributed by atoms with Gasteiger partial charge in [0.1, 0.15) is 35.5 Å². The molecule has 2 aromatic rings. The molecular formula is C22H29F2N5O3. The molecule has 2 heterocycles. The lowest BCUT2D eigenvalue weighted by Crippen LogP contribution is -2.36. The molecule has 0 bridgehead atoms. The Morgan fingerprint density at radius 3 is 2.47 bits per heavy atom. The molecule has 0 unspecified atom stereocenters. The van der Waals surface area contributed by atoms with E-state index in [1.54, 1.807) is 0 Å². The van der Waals surface area contributed by atoms with E-state index in [-0.39, 0.29) is 29.1 Å². The first-order chi connectivity index (χ1) is 15.1. The van der Waals surface area contributed by atoms with Gasteiger partial charge in [-0.25, -0.2) is 18.7 Å². The monoisotopic (exact) mass is 449 g/mol. The number of likely N-dealkylation sites (tertiary alicyclic amines) is 1. The number of nitrogens with zero attached hydrogens (tertiary/aromatic N) is 3. The van der Waals surface area contributed by atoms with Crippen LogP contribution in [-0.2, 0) is 9.53 Å². The molecule has 1 aliphatic rings. The highest BCUT2D eigenvalue weighted by atomic mass is 19.1. The summed E-state index contributed by atoms with van der Waals surface area (Å²) in [7, 11) is 2.06. The molecule has 3 rings (SSSR count). The third-order valence-electron chi connectivity index (χ3n) is 4.52. The maximum Gasteiger partial charge on any atom is 0.293 e. The van der Waals surface area contributed by atoms with Crippen LogP contribution < -0.4 is 10.1 Å². The van der Waals surface area contributed by atoms with E-state index >= 15 is 0 Å². The number of piperidine rings is 1. The van der Waals surface area contributed by atoms with Gasteiger partial charge in [-0.1, -0.05) is 0 Å². The highest BCUT2D eigenvalue weighted by Crippen LogP contribution is 2.27. The fourth-order valence-corrected chi connectivity index (χ4v) is 2.83. The van der Waals surface area contributed by atoms with Gasteiger partial charge in [0, 0.05) is 25.4 Å². The van der Waals surface area contributed by atoms with Gasteiger partial charge in [0.05, 0.1) is 11.3 Å². The topological polar surface area (TPSA) is 100 Å². The molecule has 0 atom stereocenters. The second kappa shape index (κ2) is 11.5. The Morgan fingerprint density at radius 2 is 1.91 bits per heavy atom. The Bertz CT molecular complexity index is 913. The van der Waals surface area contributed by atoms with Crippen molar-refractivity contribution in [3.63, 3.8) is 0 Å². The lowest BCUT2D eigenvalue weighted by atomic mass is 10.1. The molecule has 1 aromatic heterocycles. The summed E-state index contributed by atoms with van der Waals surface area (Å²) in [4.78, 5) is 19.9. The van der Waals surface area contributed by atoms with Gasteiger partial charge in [-0.2, -0.15) is 0 Å². The zero-order valence-corrected chi connectivity index (χ0v) is 18.7. The van der Waals surface area contributed by atoms with E-state index in [0.29, 0.717) is 12.0 Å². The standard InChI is InChI=1S/C17H19F2N5O.C5H10O2/c1-24-6-4-12(5-7-24)25-17-13(9-20)16(21-10-22-17)23-15-8-11(18)2-3-14(15)19;1-5(2,3)7-4-6/h2-3,8-10,12,20H,4-7H2,1H3,(H,21,22,23);4H,1-3H3. The number of nitrogens with one attached hydrogen (secondary N) is 2. The molecule has 1 aromatic carbocycles. The number of carbonyl (C=O) groups excluding carboxylic acids is 1. The van der Waals surface area contributed by atoms with E-state index in [4.69, 9.17) is 10.1 Å². The minimum absolute atomic E-state index is 0.00329. The average Bonchev–Trinajstić information content (AvgIpc) is 2.72. The SMILES string of the molecule is CC(C)(C)OC=O.CN1CCC(Oc2ncnc(Nc3cc(F)ccc3F)c2C=N)CC1. The van der Waals surface area contributed by atoms with Crippen molar-refractivity contribution in [3.05, 3.63) is 41.7 Å². The number of ether oxygens (including phenoxy) is 2. The van der Waals surface area contributed by atoms with Gasteiger partial charge in [-0.3, -0.25) is 4.79 Å². The Kier molecular flexibility index (Phi) is 9.01. The largest absolute Gasteiger partial charge is 0.474 e. The number of carbonyl (C=O) groups is 1. The van der Waals surface area contributed by atoms with Gasteiger partial charge in [-0.05, 0) is 52.8 Å². The zero-order valence-electron chi connectivity index (χ0n) is 18.7. The number of halogens is 2. The van der Waals surface area contributed by atoms with Crippen LogP contribution >= 0.6 is 0 Å². The van der Waals surface area contributed by atoms with Crippen LogP contribution in [0.4, 0.5) is 20.3 Å². The van der Waals surface area contributed by atoms with E-state index in [2.05, 4.69) is 32.0 Å². The van der Waals surface area contributed by atoms with Gasteiger partial charge in [0.2, 0.25) is 5.88 Å². The predicted molar refractivity (Wildman–Crippen MR) is 118 cm³/mol. The lowest BCUT2D eigenvalue weighted by molar-refractivity contribution is -0.138. The molecule has 0 saturated carbocycles. The molecule has 174 valence electrons. The Morgan fingerprint density at radius 1 is 1.22 bits per heavy atom. The molecule has 10 heteroatoms. The van der Waals surface area contributed by atoms with Crippen molar-refractivity contribution in [2.75, 3.05) is 25.5 Å². The molecule has 1 aliphatic heterocycles. The Balaban J connectivity index is 0.000000451. The second-order valence-electron chi connectivity index (χ2n) is 8.28. The van der Waals surface area contributed by atoms with Crippen LogP contribution in [0.25, 0.3) is 0 Å². The third kappa shape index (κ3) is 7.84. The first-order valence-electron chi connectivity index (χ1n) is 10.2. The van der Waals surface area contributed by atoms with Crippen LogP contribution in [0.5, 0.6) is 5.88 Å². The van der Waals surface area contributed by atoms with Crippen LogP contribution in [0.2, 0.25) is 0 Å². The summed E-state index contributed by atoms with van der Waals surface area (Å²) < 4.78 is 37.6. The van der Waals surface area contributed by atoms with E-state index in [9.17, 15) is 13.6 Å². The molecule has 1 saturated heterocycles. The van der Waals surface area contributed by atoms with E-state index in [0.717, 1.165) is 50.3 Å². The molecule has 0 radical (unpaired) electrons.